The van der Waals surface area contributed by atoms with E-state index in [1.54, 1.807) is 11.9 Å². The van der Waals surface area contributed by atoms with E-state index in [1.165, 1.54) is 12.1 Å². The second-order valence-electron chi connectivity index (χ2n) is 4.74. The van der Waals surface area contributed by atoms with Crippen molar-refractivity contribution in [3.63, 3.8) is 0 Å². The highest BCUT2D eigenvalue weighted by Gasteiger charge is 2.22. The number of hydrogen-bond acceptors (Lipinski definition) is 4. The molecule has 1 aromatic rings. The lowest BCUT2D eigenvalue weighted by atomic mass is 10.0. The summed E-state index contributed by atoms with van der Waals surface area (Å²) in [6.07, 6.45) is 2.05. The average Bonchev–Trinajstić information content (AvgIpc) is 2.88. The zero-order chi connectivity index (χ0) is 13.8. The molecule has 1 saturated heterocycles. The van der Waals surface area contributed by atoms with Gasteiger partial charge in [0.25, 0.3) is 5.91 Å². The van der Waals surface area contributed by atoms with Crippen molar-refractivity contribution in [1.82, 2.24) is 4.90 Å². The lowest BCUT2D eigenvalue weighted by molar-refractivity contribution is 0.0378. The third kappa shape index (κ3) is 3.35. The molecule has 1 atom stereocenters. The quantitative estimate of drug-likeness (QED) is 0.893. The first-order chi connectivity index (χ1) is 9.08. The van der Waals surface area contributed by atoms with Crippen molar-refractivity contribution in [2.24, 2.45) is 5.92 Å². The molecule has 19 heavy (non-hydrogen) atoms. The number of carbonyl (C=O) groups is 2. The van der Waals surface area contributed by atoms with Gasteiger partial charge >= 0.3 is 5.97 Å². The van der Waals surface area contributed by atoms with E-state index in [0.717, 1.165) is 19.4 Å². The summed E-state index contributed by atoms with van der Waals surface area (Å²) in [6, 6.07) is 2.67. The first kappa shape index (κ1) is 13.6. The smallest absolute Gasteiger partial charge is 0.371 e. The largest absolute Gasteiger partial charge is 0.475 e. The van der Waals surface area contributed by atoms with Crippen LogP contribution in [0.4, 0.5) is 0 Å². The molecule has 0 spiro atoms. The number of nitrogens with zero attached hydrogens (tertiary/aromatic N) is 1. The van der Waals surface area contributed by atoms with Crippen LogP contribution in [0.1, 0.15) is 34.0 Å². The summed E-state index contributed by atoms with van der Waals surface area (Å²) in [7, 11) is 1.68. The van der Waals surface area contributed by atoms with Crippen molar-refractivity contribution in [2.45, 2.75) is 12.8 Å². The number of rotatable bonds is 4. The Balaban J connectivity index is 1.95. The van der Waals surface area contributed by atoms with Crippen LogP contribution in [0.3, 0.4) is 0 Å². The molecule has 0 aromatic carbocycles. The second-order valence-corrected chi connectivity index (χ2v) is 4.74. The number of furan rings is 1. The van der Waals surface area contributed by atoms with Gasteiger partial charge in [0.1, 0.15) is 0 Å². The maximum absolute atomic E-state index is 12.1. The minimum Gasteiger partial charge on any atom is -0.475 e. The number of hydrogen-bond donors (Lipinski definition) is 1. The fraction of sp³-hybridized carbons (Fsp3) is 0.538. The van der Waals surface area contributed by atoms with Crippen LogP contribution in [0.25, 0.3) is 0 Å². The predicted octanol–water partition coefficient (Wildman–Crippen LogP) is 1.48. The second kappa shape index (κ2) is 5.88. The van der Waals surface area contributed by atoms with Crippen molar-refractivity contribution in [3.8, 4) is 0 Å². The zero-order valence-corrected chi connectivity index (χ0v) is 10.8. The molecular formula is C13H17NO5. The van der Waals surface area contributed by atoms with E-state index in [9.17, 15) is 9.59 Å². The molecule has 1 aliphatic heterocycles. The number of amides is 1. The van der Waals surface area contributed by atoms with E-state index in [2.05, 4.69) is 0 Å². The zero-order valence-electron chi connectivity index (χ0n) is 10.8. The van der Waals surface area contributed by atoms with Crippen LogP contribution in [0.15, 0.2) is 16.5 Å². The van der Waals surface area contributed by atoms with E-state index >= 15 is 0 Å². The molecule has 6 nitrogen and oxygen atoms in total. The molecule has 1 N–H and O–H groups in total. The maximum atomic E-state index is 12.1. The van der Waals surface area contributed by atoms with Crippen LogP contribution >= 0.6 is 0 Å². The highest BCUT2D eigenvalue weighted by Crippen LogP contribution is 2.16. The third-order valence-corrected chi connectivity index (χ3v) is 3.16. The molecule has 6 heteroatoms. The Morgan fingerprint density at radius 2 is 2.16 bits per heavy atom. The van der Waals surface area contributed by atoms with E-state index in [0.29, 0.717) is 19.1 Å². The van der Waals surface area contributed by atoms with Crippen molar-refractivity contribution < 1.29 is 23.8 Å². The topological polar surface area (TPSA) is 80.0 Å². The Bertz CT molecular complexity index is 461. The molecule has 2 rings (SSSR count). The Kier molecular flexibility index (Phi) is 4.21. The third-order valence-electron chi connectivity index (χ3n) is 3.16. The standard InChI is InChI=1S/C13H17NO5/c1-14(7-9-3-2-6-18-8-9)12(15)10-4-5-11(19-10)13(16)17/h4-5,9H,2-3,6-8H2,1H3,(H,16,17). The summed E-state index contributed by atoms with van der Waals surface area (Å²) >= 11 is 0. The highest BCUT2D eigenvalue weighted by atomic mass is 16.5. The van der Waals surface area contributed by atoms with Crippen molar-refractivity contribution in [2.75, 3.05) is 26.8 Å². The molecule has 1 aromatic heterocycles. The van der Waals surface area contributed by atoms with Gasteiger partial charge in [0.05, 0.1) is 6.61 Å². The average molecular weight is 267 g/mol. The van der Waals surface area contributed by atoms with Crippen LogP contribution < -0.4 is 0 Å². The van der Waals surface area contributed by atoms with Gasteiger partial charge in [-0.3, -0.25) is 4.79 Å². The summed E-state index contributed by atoms with van der Waals surface area (Å²) in [5.41, 5.74) is 0. The lowest BCUT2D eigenvalue weighted by Crippen LogP contribution is -2.34. The van der Waals surface area contributed by atoms with Gasteiger partial charge in [-0.2, -0.15) is 0 Å². The van der Waals surface area contributed by atoms with E-state index in [-0.39, 0.29) is 17.4 Å². The van der Waals surface area contributed by atoms with E-state index in [4.69, 9.17) is 14.3 Å². The van der Waals surface area contributed by atoms with Crippen LogP contribution in [-0.4, -0.2) is 48.7 Å². The molecule has 1 unspecified atom stereocenters. The van der Waals surface area contributed by atoms with Crippen LogP contribution in [0.5, 0.6) is 0 Å². The van der Waals surface area contributed by atoms with Gasteiger partial charge in [0.15, 0.2) is 5.76 Å². The number of ether oxygens (including phenoxy) is 1. The van der Waals surface area contributed by atoms with Gasteiger partial charge in [0, 0.05) is 20.2 Å². The Labute approximate surface area is 110 Å². The maximum Gasteiger partial charge on any atom is 0.371 e. The van der Waals surface area contributed by atoms with Gasteiger partial charge in [0.2, 0.25) is 5.76 Å². The molecule has 1 amide bonds. The summed E-state index contributed by atoms with van der Waals surface area (Å²) in [5, 5.41) is 8.74. The van der Waals surface area contributed by atoms with Crippen molar-refractivity contribution >= 4 is 11.9 Å². The summed E-state index contributed by atoms with van der Waals surface area (Å²) in [4.78, 5) is 24.3. The molecule has 1 aliphatic rings. The molecule has 2 heterocycles. The van der Waals surface area contributed by atoms with Gasteiger partial charge in [-0.1, -0.05) is 0 Å². The number of aromatic carboxylic acids is 1. The minimum absolute atomic E-state index is 0.0524. The van der Waals surface area contributed by atoms with E-state index < -0.39 is 5.97 Å². The summed E-state index contributed by atoms with van der Waals surface area (Å²) in [5.74, 6) is -1.33. The first-order valence-corrected chi connectivity index (χ1v) is 6.24. The summed E-state index contributed by atoms with van der Waals surface area (Å²) < 4.78 is 10.4. The molecule has 0 bridgehead atoms. The van der Waals surface area contributed by atoms with Crippen molar-refractivity contribution in [3.05, 3.63) is 23.7 Å². The van der Waals surface area contributed by atoms with Gasteiger partial charge in [-0.05, 0) is 30.9 Å². The fourth-order valence-electron chi connectivity index (χ4n) is 2.18. The van der Waals surface area contributed by atoms with Crippen LogP contribution in [0.2, 0.25) is 0 Å². The molecular weight excluding hydrogens is 250 g/mol. The summed E-state index contributed by atoms with van der Waals surface area (Å²) in [6.45, 7) is 2.03. The SMILES string of the molecule is CN(CC1CCCOC1)C(=O)c1ccc(C(=O)O)o1. The molecule has 104 valence electrons. The number of carbonyl (C=O) groups excluding carboxylic acids is 1. The minimum atomic E-state index is -1.18. The van der Waals surface area contributed by atoms with Gasteiger partial charge < -0.3 is 19.2 Å². The Hall–Kier alpha value is -1.82. The fourth-order valence-corrected chi connectivity index (χ4v) is 2.18. The van der Waals surface area contributed by atoms with Gasteiger partial charge in [-0.25, -0.2) is 4.79 Å². The van der Waals surface area contributed by atoms with Crippen LogP contribution in [-0.2, 0) is 4.74 Å². The number of carboxylic acids is 1. The van der Waals surface area contributed by atoms with Crippen LogP contribution in [0, 0.1) is 5.92 Å². The number of carboxylic acid groups (broad SMARTS) is 1. The molecule has 0 aliphatic carbocycles. The van der Waals surface area contributed by atoms with E-state index in [1.807, 2.05) is 0 Å². The highest BCUT2D eigenvalue weighted by molar-refractivity contribution is 5.93. The Morgan fingerprint density at radius 3 is 2.74 bits per heavy atom. The van der Waals surface area contributed by atoms with Gasteiger partial charge in [-0.15, -0.1) is 0 Å². The van der Waals surface area contributed by atoms with Crippen molar-refractivity contribution in [1.29, 1.82) is 0 Å². The lowest BCUT2D eigenvalue weighted by Gasteiger charge is -2.26. The normalized spacial score (nSPS) is 19.1. The molecule has 1 fully saturated rings. The Morgan fingerprint density at radius 1 is 1.42 bits per heavy atom. The first-order valence-electron chi connectivity index (χ1n) is 6.24. The molecule has 0 radical (unpaired) electrons. The monoisotopic (exact) mass is 267 g/mol. The molecule has 0 saturated carbocycles. The predicted molar refractivity (Wildman–Crippen MR) is 66.2 cm³/mol.